The zero-order chi connectivity index (χ0) is 25.7. The van der Waals surface area contributed by atoms with Crippen LogP contribution in [0.25, 0.3) is 0 Å². The van der Waals surface area contributed by atoms with E-state index in [0.29, 0.717) is 30.2 Å². The van der Waals surface area contributed by atoms with Gasteiger partial charge in [0.05, 0.1) is 16.7 Å². The molecule has 0 saturated heterocycles. The lowest BCUT2D eigenvalue weighted by Crippen LogP contribution is -1.99. The van der Waals surface area contributed by atoms with Crippen LogP contribution in [0.5, 0.6) is 0 Å². The van der Waals surface area contributed by atoms with Crippen LogP contribution in [0.15, 0.2) is 103 Å². The second-order valence-electron chi connectivity index (χ2n) is 6.99. The van der Waals surface area contributed by atoms with Crippen molar-refractivity contribution < 1.29 is 29.7 Å². The number of hydrogen-bond donors (Lipinski definition) is 3. The van der Waals surface area contributed by atoms with E-state index in [0.717, 1.165) is 35.3 Å². The summed E-state index contributed by atoms with van der Waals surface area (Å²) >= 11 is 3.43. The fourth-order valence-corrected chi connectivity index (χ4v) is 5.45. The highest BCUT2D eigenvalue weighted by Crippen LogP contribution is 2.33. The van der Waals surface area contributed by atoms with E-state index >= 15 is 0 Å². The molecular weight excluding hydrogens is 522 g/mol. The Kier molecular flexibility index (Phi) is 7.88. The molecule has 4 aromatic rings. The van der Waals surface area contributed by atoms with Crippen LogP contribution < -0.4 is 0 Å². The van der Waals surface area contributed by atoms with Gasteiger partial charge in [-0.05, 0) is 89.9 Å². The summed E-state index contributed by atoms with van der Waals surface area (Å²) in [5, 5.41) is 28.7. The highest BCUT2D eigenvalue weighted by Gasteiger charge is 2.14. The van der Waals surface area contributed by atoms with Crippen LogP contribution >= 0.6 is 35.3 Å². The lowest BCUT2D eigenvalue weighted by Gasteiger charge is -2.08. The van der Waals surface area contributed by atoms with E-state index in [2.05, 4.69) is 15.0 Å². The highest BCUT2D eigenvalue weighted by molar-refractivity contribution is 8.00. The quantitative estimate of drug-likeness (QED) is 0.250. The van der Waals surface area contributed by atoms with Crippen LogP contribution in [0.3, 0.4) is 0 Å². The number of carbonyl (C=O) groups is 3. The number of carboxylic acids is 3. The summed E-state index contributed by atoms with van der Waals surface area (Å²) in [6.07, 6.45) is 0. The molecule has 9 nitrogen and oxygen atoms in total. The highest BCUT2D eigenvalue weighted by atomic mass is 32.2. The van der Waals surface area contributed by atoms with Gasteiger partial charge >= 0.3 is 17.9 Å². The standard InChI is InChI=1S/C24H15N3O6S3/c28-19(29)13-4-1-7-16(10-13)34-22-25-23(35-17-8-2-5-14(11-17)20(30)31)27-24(26-22)36-18-9-3-6-15(12-18)21(32)33/h1-12H,(H,28,29)(H,30,31)(H,32,33). The number of carboxylic acid groups (broad SMARTS) is 3. The van der Waals surface area contributed by atoms with Gasteiger partial charge in [-0.1, -0.05) is 18.2 Å². The van der Waals surface area contributed by atoms with Gasteiger partial charge < -0.3 is 15.3 Å². The van der Waals surface area contributed by atoms with E-state index in [-0.39, 0.29) is 16.7 Å². The Morgan fingerprint density at radius 3 is 1.03 bits per heavy atom. The molecule has 0 aliphatic rings. The predicted octanol–water partition coefficient (Wildman–Crippen LogP) is 5.42. The monoisotopic (exact) mass is 537 g/mol. The van der Waals surface area contributed by atoms with Crippen LogP contribution in [0.1, 0.15) is 31.1 Å². The molecule has 0 spiro atoms. The van der Waals surface area contributed by atoms with E-state index < -0.39 is 17.9 Å². The zero-order valence-corrected chi connectivity index (χ0v) is 20.5. The molecule has 3 aromatic carbocycles. The molecule has 1 aromatic heterocycles. The van der Waals surface area contributed by atoms with E-state index in [1.54, 1.807) is 36.4 Å². The van der Waals surface area contributed by atoms with Gasteiger partial charge in [-0.25, -0.2) is 14.4 Å². The summed E-state index contributed by atoms with van der Waals surface area (Å²) in [5.74, 6) is -3.17. The first-order valence-electron chi connectivity index (χ1n) is 10.1. The Bertz CT molecular complexity index is 1290. The molecule has 0 unspecified atom stereocenters. The zero-order valence-electron chi connectivity index (χ0n) is 18.1. The molecule has 0 aliphatic heterocycles. The average molecular weight is 538 g/mol. The SMILES string of the molecule is O=C(O)c1cccc(Sc2nc(Sc3cccc(C(=O)O)c3)nc(Sc3cccc(C(=O)O)c3)n2)c1. The minimum Gasteiger partial charge on any atom is -0.478 e. The minimum atomic E-state index is -1.06. The molecule has 0 saturated carbocycles. The lowest BCUT2D eigenvalue weighted by molar-refractivity contribution is 0.0685. The van der Waals surface area contributed by atoms with Gasteiger partial charge in [-0.3, -0.25) is 0 Å². The largest absolute Gasteiger partial charge is 0.478 e. The summed E-state index contributed by atoms with van der Waals surface area (Å²) in [6.45, 7) is 0. The van der Waals surface area contributed by atoms with Crippen LogP contribution in [0, 0.1) is 0 Å². The Hall–Kier alpha value is -3.87. The third-order valence-electron chi connectivity index (χ3n) is 4.44. The van der Waals surface area contributed by atoms with E-state index in [4.69, 9.17) is 0 Å². The molecule has 3 N–H and O–H groups in total. The number of hydrogen-bond acceptors (Lipinski definition) is 9. The second-order valence-corrected chi connectivity index (χ2v) is 10.1. The van der Waals surface area contributed by atoms with Gasteiger partial charge in [-0.15, -0.1) is 0 Å². The molecule has 4 rings (SSSR count). The summed E-state index contributed by atoms with van der Waals surface area (Å²) < 4.78 is 0. The van der Waals surface area contributed by atoms with Gasteiger partial charge in [-0.2, -0.15) is 15.0 Å². The fourth-order valence-electron chi connectivity index (χ4n) is 2.85. The van der Waals surface area contributed by atoms with Crippen molar-refractivity contribution in [2.75, 3.05) is 0 Å². The van der Waals surface area contributed by atoms with Crippen molar-refractivity contribution in [1.82, 2.24) is 15.0 Å². The Morgan fingerprint density at radius 1 is 0.500 bits per heavy atom. The predicted molar refractivity (Wildman–Crippen MR) is 132 cm³/mol. The maximum Gasteiger partial charge on any atom is 0.335 e. The number of aromatic carboxylic acids is 3. The molecule has 180 valence electrons. The molecule has 0 aliphatic carbocycles. The molecule has 12 heteroatoms. The maximum atomic E-state index is 11.3. The topological polar surface area (TPSA) is 151 Å². The van der Waals surface area contributed by atoms with Crippen molar-refractivity contribution in [2.24, 2.45) is 0 Å². The Labute approximate surface area is 217 Å². The molecule has 36 heavy (non-hydrogen) atoms. The van der Waals surface area contributed by atoms with Crippen LogP contribution in [-0.2, 0) is 0 Å². The molecule has 0 fully saturated rings. The van der Waals surface area contributed by atoms with Gasteiger partial charge in [0.2, 0.25) is 0 Å². The first-order valence-corrected chi connectivity index (χ1v) is 12.5. The van der Waals surface area contributed by atoms with Gasteiger partial charge in [0.25, 0.3) is 0 Å². The number of benzene rings is 3. The smallest absolute Gasteiger partial charge is 0.335 e. The minimum absolute atomic E-state index is 0.120. The Balaban J connectivity index is 1.69. The second kappa shape index (κ2) is 11.2. The van der Waals surface area contributed by atoms with Gasteiger partial charge in [0, 0.05) is 14.7 Å². The summed E-state index contributed by atoms with van der Waals surface area (Å²) in [5.41, 5.74) is 0.359. The third kappa shape index (κ3) is 6.62. The summed E-state index contributed by atoms with van der Waals surface area (Å²) in [6, 6.07) is 19.0. The van der Waals surface area contributed by atoms with Gasteiger partial charge in [0.1, 0.15) is 0 Å². The molecule has 0 atom stereocenters. The first-order chi connectivity index (χ1) is 17.3. The van der Waals surface area contributed by atoms with Crippen molar-refractivity contribution in [3.63, 3.8) is 0 Å². The maximum absolute atomic E-state index is 11.3. The van der Waals surface area contributed by atoms with Crippen molar-refractivity contribution in [3.05, 3.63) is 89.5 Å². The summed E-state index contributed by atoms with van der Waals surface area (Å²) in [7, 11) is 0. The Morgan fingerprint density at radius 2 is 0.778 bits per heavy atom. The number of rotatable bonds is 9. The molecule has 1 heterocycles. The average Bonchev–Trinajstić information content (AvgIpc) is 2.84. The van der Waals surface area contributed by atoms with Crippen molar-refractivity contribution in [2.45, 2.75) is 30.2 Å². The van der Waals surface area contributed by atoms with Crippen molar-refractivity contribution in [3.8, 4) is 0 Å². The lowest BCUT2D eigenvalue weighted by atomic mass is 10.2. The van der Waals surface area contributed by atoms with Crippen LogP contribution in [-0.4, -0.2) is 48.2 Å². The first kappa shape index (κ1) is 25.2. The van der Waals surface area contributed by atoms with Crippen LogP contribution in [0.4, 0.5) is 0 Å². The summed E-state index contributed by atoms with van der Waals surface area (Å²) in [4.78, 5) is 49.2. The van der Waals surface area contributed by atoms with Crippen molar-refractivity contribution >= 4 is 53.2 Å². The van der Waals surface area contributed by atoms with E-state index in [1.807, 2.05) is 0 Å². The third-order valence-corrected chi connectivity index (χ3v) is 7.01. The van der Waals surface area contributed by atoms with E-state index in [9.17, 15) is 29.7 Å². The van der Waals surface area contributed by atoms with Gasteiger partial charge in [0.15, 0.2) is 15.5 Å². The van der Waals surface area contributed by atoms with E-state index in [1.165, 1.54) is 36.4 Å². The van der Waals surface area contributed by atoms with Crippen molar-refractivity contribution in [1.29, 1.82) is 0 Å². The fraction of sp³-hybridized carbons (Fsp3) is 0. The normalized spacial score (nSPS) is 10.7. The molecule has 0 amide bonds. The number of nitrogens with zero attached hydrogens (tertiary/aromatic N) is 3. The van der Waals surface area contributed by atoms with Crippen LogP contribution in [0.2, 0.25) is 0 Å². The molecule has 0 bridgehead atoms. The number of aromatic nitrogens is 3. The molecular formula is C24H15N3O6S3. The molecule has 0 radical (unpaired) electrons.